The lowest BCUT2D eigenvalue weighted by molar-refractivity contribution is 0.416. The van der Waals surface area contributed by atoms with Crippen LogP contribution in [0.4, 0.5) is 8.78 Å². The molecule has 0 saturated carbocycles. The van der Waals surface area contributed by atoms with E-state index in [0.29, 0.717) is 17.8 Å². The molecule has 0 spiro atoms. The molecule has 4 aromatic rings. The van der Waals surface area contributed by atoms with Gasteiger partial charge >= 0.3 is 0 Å². The van der Waals surface area contributed by atoms with E-state index in [1.165, 1.54) is 6.07 Å². The number of hydrogen-bond donors (Lipinski definition) is 2. The molecule has 6 heteroatoms. The van der Waals surface area contributed by atoms with Crippen LogP contribution in [0.25, 0.3) is 22.5 Å². The standard InChI is InChI=1S/C22H19F2N3O/c1-13-3-8-19(26-13)16-6-5-15(11-21(16)28-2)20-12-25-22(27-20)10-14-4-7-17(23)18(24)9-14/h3-9,11-12,26H,10H2,1-2H3,(H,25,27). The zero-order valence-electron chi connectivity index (χ0n) is 15.5. The summed E-state index contributed by atoms with van der Waals surface area (Å²) in [4.78, 5) is 10.9. The van der Waals surface area contributed by atoms with E-state index in [9.17, 15) is 8.78 Å². The molecule has 4 nitrogen and oxygen atoms in total. The van der Waals surface area contributed by atoms with E-state index in [0.717, 1.165) is 40.0 Å². The van der Waals surface area contributed by atoms with Crippen LogP contribution in [0.2, 0.25) is 0 Å². The largest absolute Gasteiger partial charge is 0.496 e. The third kappa shape index (κ3) is 3.53. The highest BCUT2D eigenvalue weighted by Gasteiger charge is 2.12. The second-order valence-electron chi connectivity index (χ2n) is 6.64. The summed E-state index contributed by atoms with van der Waals surface area (Å²) in [6.07, 6.45) is 2.11. The molecule has 0 radical (unpaired) electrons. The average molecular weight is 379 g/mol. The van der Waals surface area contributed by atoms with Crippen LogP contribution in [0.15, 0.2) is 54.7 Å². The molecule has 2 aromatic heterocycles. The number of aryl methyl sites for hydroxylation is 1. The van der Waals surface area contributed by atoms with Gasteiger partial charge in [-0.15, -0.1) is 0 Å². The number of halogens is 2. The lowest BCUT2D eigenvalue weighted by atomic mass is 10.1. The summed E-state index contributed by atoms with van der Waals surface area (Å²) in [7, 11) is 1.64. The molecular weight excluding hydrogens is 360 g/mol. The Morgan fingerprint density at radius 2 is 1.79 bits per heavy atom. The van der Waals surface area contributed by atoms with Gasteiger partial charge < -0.3 is 14.7 Å². The Bertz CT molecular complexity index is 1130. The Morgan fingerprint density at radius 1 is 0.929 bits per heavy atom. The minimum Gasteiger partial charge on any atom is -0.496 e. The summed E-state index contributed by atoms with van der Waals surface area (Å²) in [5.74, 6) is -0.294. The molecule has 0 unspecified atom stereocenters. The van der Waals surface area contributed by atoms with E-state index in [4.69, 9.17) is 4.74 Å². The molecule has 4 rings (SSSR count). The van der Waals surface area contributed by atoms with Crippen LogP contribution in [0.5, 0.6) is 5.75 Å². The minimum absolute atomic E-state index is 0.383. The summed E-state index contributed by atoms with van der Waals surface area (Å²) in [6.45, 7) is 2.00. The predicted octanol–water partition coefficient (Wildman–Crippen LogP) is 5.26. The first-order valence-corrected chi connectivity index (χ1v) is 8.85. The van der Waals surface area contributed by atoms with Crippen molar-refractivity contribution in [2.24, 2.45) is 0 Å². The first-order chi connectivity index (χ1) is 13.5. The summed E-state index contributed by atoms with van der Waals surface area (Å²) in [5.41, 5.74) is 5.44. The van der Waals surface area contributed by atoms with Gasteiger partial charge in [0.1, 0.15) is 11.6 Å². The molecule has 2 aromatic carbocycles. The predicted molar refractivity (Wildman–Crippen MR) is 104 cm³/mol. The number of ether oxygens (including phenoxy) is 1. The number of nitrogens with zero attached hydrogens (tertiary/aromatic N) is 1. The SMILES string of the molecule is COc1cc(-c2cnc(Cc3ccc(F)c(F)c3)[nH]2)ccc1-c1ccc(C)[nH]1. The molecule has 2 N–H and O–H groups in total. The van der Waals surface area contributed by atoms with Gasteiger partial charge in [0, 0.05) is 28.9 Å². The van der Waals surface area contributed by atoms with Crippen LogP contribution in [0, 0.1) is 18.6 Å². The van der Waals surface area contributed by atoms with Crippen molar-refractivity contribution in [3.8, 4) is 28.3 Å². The van der Waals surface area contributed by atoms with Gasteiger partial charge in [-0.1, -0.05) is 12.1 Å². The highest BCUT2D eigenvalue weighted by molar-refractivity contribution is 5.73. The number of nitrogens with one attached hydrogen (secondary N) is 2. The zero-order valence-corrected chi connectivity index (χ0v) is 15.5. The second kappa shape index (κ2) is 7.31. The lowest BCUT2D eigenvalue weighted by Crippen LogP contribution is -1.94. The van der Waals surface area contributed by atoms with Crippen molar-refractivity contribution < 1.29 is 13.5 Å². The third-order valence-electron chi connectivity index (χ3n) is 4.62. The normalized spacial score (nSPS) is 11.0. The summed E-state index contributed by atoms with van der Waals surface area (Å²) >= 11 is 0. The molecule has 0 bridgehead atoms. The van der Waals surface area contributed by atoms with Crippen LogP contribution < -0.4 is 4.74 Å². The van der Waals surface area contributed by atoms with E-state index in [1.807, 2.05) is 37.3 Å². The first-order valence-electron chi connectivity index (χ1n) is 8.85. The number of benzene rings is 2. The molecule has 0 saturated heterocycles. The van der Waals surface area contributed by atoms with Crippen LogP contribution in [-0.2, 0) is 6.42 Å². The zero-order chi connectivity index (χ0) is 19.7. The second-order valence-corrected chi connectivity index (χ2v) is 6.64. The van der Waals surface area contributed by atoms with E-state index < -0.39 is 11.6 Å². The first kappa shape index (κ1) is 18.0. The maximum atomic E-state index is 13.4. The fourth-order valence-corrected chi connectivity index (χ4v) is 3.18. The van der Waals surface area contributed by atoms with Crippen molar-refractivity contribution in [1.29, 1.82) is 0 Å². The van der Waals surface area contributed by atoms with Gasteiger partial charge in [-0.3, -0.25) is 0 Å². The molecule has 0 aliphatic carbocycles. The minimum atomic E-state index is -0.857. The molecule has 142 valence electrons. The number of methoxy groups -OCH3 is 1. The Hall–Kier alpha value is -3.41. The number of H-pyrrole nitrogens is 2. The fraction of sp³-hybridized carbons (Fsp3) is 0.136. The number of aromatic amines is 2. The van der Waals surface area contributed by atoms with Gasteiger partial charge in [0.2, 0.25) is 0 Å². The van der Waals surface area contributed by atoms with Crippen molar-refractivity contribution in [3.63, 3.8) is 0 Å². The Morgan fingerprint density at radius 3 is 2.50 bits per heavy atom. The smallest absolute Gasteiger partial charge is 0.159 e. The quantitative estimate of drug-likeness (QED) is 0.497. The maximum absolute atomic E-state index is 13.4. The van der Waals surface area contributed by atoms with Crippen molar-refractivity contribution in [2.75, 3.05) is 7.11 Å². The van der Waals surface area contributed by atoms with Gasteiger partial charge in [0.25, 0.3) is 0 Å². The van der Waals surface area contributed by atoms with Crippen LogP contribution >= 0.6 is 0 Å². The molecular formula is C22H19F2N3O. The molecule has 2 heterocycles. The molecule has 28 heavy (non-hydrogen) atoms. The Balaban J connectivity index is 1.60. The number of imidazole rings is 1. The van der Waals surface area contributed by atoms with Crippen LogP contribution in [0.3, 0.4) is 0 Å². The van der Waals surface area contributed by atoms with E-state index in [-0.39, 0.29) is 0 Å². The van der Waals surface area contributed by atoms with Gasteiger partial charge in [-0.2, -0.15) is 0 Å². The molecule has 0 aliphatic heterocycles. The molecule has 0 aliphatic rings. The van der Waals surface area contributed by atoms with E-state index >= 15 is 0 Å². The number of aromatic nitrogens is 3. The van der Waals surface area contributed by atoms with E-state index in [2.05, 4.69) is 15.0 Å². The summed E-state index contributed by atoms with van der Waals surface area (Å²) < 4.78 is 32.0. The number of rotatable bonds is 5. The average Bonchev–Trinajstić information content (AvgIpc) is 3.33. The maximum Gasteiger partial charge on any atom is 0.159 e. The molecule has 0 amide bonds. The van der Waals surface area contributed by atoms with Crippen LogP contribution in [0.1, 0.15) is 17.1 Å². The van der Waals surface area contributed by atoms with Crippen LogP contribution in [-0.4, -0.2) is 22.1 Å². The lowest BCUT2D eigenvalue weighted by Gasteiger charge is -2.09. The summed E-state index contributed by atoms with van der Waals surface area (Å²) in [6, 6.07) is 13.8. The topological polar surface area (TPSA) is 53.7 Å². The number of hydrogen-bond acceptors (Lipinski definition) is 2. The fourth-order valence-electron chi connectivity index (χ4n) is 3.18. The van der Waals surface area contributed by atoms with Gasteiger partial charge in [-0.05, 0) is 48.9 Å². The van der Waals surface area contributed by atoms with Crippen molar-refractivity contribution >= 4 is 0 Å². The highest BCUT2D eigenvalue weighted by atomic mass is 19.2. The Kier molecular flexibility index (Phi) is 4.69. The van der Waals surface area contributed by atoms with E-state index in [1.54, 1.807) is 19.4 Å². The monoisotopic (exact) mass is 379 g/mol. The molecule has 0 atom stereocenters. The Labute approximate surface area is 161 Å². The molecule has 0 fully saturated rings. The van der Waals surface area contributed by atoms with Gasteiger partial charge in [0.05, 0.1) is 19.0 Å². The summed E-state index contributed by atoms with van der Waals surface area (Å²) in [5, 5.41) is 0. The van der Waals surface area contributed by atoms with Crippen molar-refractivity contribution in [2.45, 2.75) is 13.3 Å². The van der Waals surface area contributed by atoms with Gasteiger partial charge in [0.15, 0.2) is 11.6 Å². The van der Waals surface area contributed by atoms with Gasteiger partial charge in [-0.25, -0.2) is 13.8 Å². The van der Waals surface area contributed by atoms with Crippen molar-refractivity contribution in [1.82, 2.24) is 15.0 Å². The highest BCUT2D eigenvalue weighted by Crippen LogP contribution is 2.33. The van der Waals surface area contributed by atoms with Crippen molar-refractivity contribution in [3.05, 3.63) is 83.4 Å². The third-order valence-corrected chi connectivity index (χ3v) is 4.62.